The van der Waals surface area contributed by atoms with Crippen LogP contribution < -0.4 is 20.5 Å². The van der Waals surface area contributed by atoms with E-state index in [0.717, 1.165) is 5.56 Å². The zero-order valence-corrected chi connectivity index (χ0v) is 12.0. The van der Waals surface area contributed by atoms with Crippen molar-refractivity contribution < 1.29 is 14.3 Å². The molecule has 1 heterocycles. The highest BCUT2D eigenvalue weighted by atomic mass is 35.5. The summed E-state index contributed by atoms with van der Waals surface area (Å²) in [5.74, 6) is 0.695. The molecule has 3 rings (SSSR count). The van der Waals surface area contributed by atoms with Crippen molar-refractivity contribution in [1.82, 2.24) is 0 Å². The molecule has 6 heteroatoms. The SMILES string of the molecule is Cc1ccc(Cl)c(NC(=O)c2cc3c(cc2N)OCO3)c1. The van der Waals surface area contributed by atoms with Gasteiger partial charge in [0.05, 0.1) is 16.3 Å². The third-order valence-electron chi connectivity index (χ3n) is 3.16. The van der Waals surface area contributed by atoms with E-state index in [2.05, 4.69) is 5.32 Å². The van der Waals surface area contributed by atoms with Gasteiger partial charge in [-0.2, -0.15) is 0 Å². The molecular weight excluding hydrogens is 292 g/mol. The monoisotopic (exact) mass is 304 g/mol. The van der Waals surface area contributed by atoms with Crippen LogP contribution in [0.25, 0.3) is 0 Å². The van der Waals surface area contributed by atoms with E-state index in [0.29, 0.717) is 33.5 Å². The molecule has 0 unspecified atom stereocenters. The Morgan fingerprint density at radius 2 is 1.95 bits per heavy atom. The first-order valence-corrected chi connectivity index (χ1v) is 6.69. The van der Waals surface area contributed by atoms with Crippen LogP contribution in [0.3, 0.4) is 0 Å². The lowest BCUT2D eigenvalue weighted by atomic mass is 10.1. The normalized spacial score (nSPS) is 12.3. The molecule has 0 aliphatic carbocycles. The molecule has 0 atom stereocenters. The first-order valence-electron chi connectivity index (χ1n) is 6.31. The minimum atomic E-state index is -0.349. The van der Waals surface area contributed by atoms with Crippen LogP contribution in [0.4, 0.5) is 11.4 Å². The molecule has 1 aliphatic heterocycles. The Morgan fingerprint density at radius 3 is 2.71 bits per heavy atom. The van der Waals surface area contributed by atoms with Gasteiger partial charge in [-0.15, -0.1) is 0 Å². The van der Waals surface area contributed by atoms with Crippen LogP contribution in [0.2, 0.25) is 5.02 Å². The average molecular weight is 305 g/mol. The molecule has 0 spiro atoms. The van der Waals surface area contributed by atoms with E-state index in [1.807, 2.05) is 13.0 Å². The number of hydrogen-bond donors (Lipinski definition) is 2. The van der Waals surface area contributed by atoms with Gasteiger partial charge in [-0.05, 0) is 30.7 Å². The second-order valence-corrected chi connectivity index (χ2v) is 5.14. The van der Waals surface area contributed by atoms with Gasteiger partial charge >= 0.3 is 0 Å². The maximum atomic E-state index is 12.4. The predicted octanol–water partition coefficient (Wildman–Crippen LogP) is 3.21. The Balaban J connectivity index is 1.91. The van der Waals surface area contributed by atoms with Crippen molar-refractivity contribution in [2.75, 3.05) is 17.8 Å². The van der Waals surface area contributed by atoms with Gasteiger partial charge in [0.2, 0.25) is 6.79 Å². The number of hydrogen-bond acceptors (Lipinski definition) is 4. The summed E-state index contributed by atoms with van der Waals surface area (Å²) in [4.78, 5) is 12.4. The highest BCUT2D eigenvalue weighted by molar-refractivity contribution is 6.34. The maximum Gasteiger partial charge on any atom is 0.257 e. The first-order chi connectivity index (χ1) is 10.0. The zero-order valence-electron chi connectivity index (χ0n) is 11.3. The fourth-order valence-electron chi connectivity index (χ4n) is 2.08. The van der Waals surface area contributed by atoms with Crippen LogP contribution in [-0.4, -0.2) is 12.7 Å². The van der Waals surface area contributed by atoms with E-state index >= 15 is 0 Å². The summed E-state index contributed by atoms with van der Waals surface area (Å²) in [5, 5.41) is 3.22. The van der Waals surface area contributed by atoms with Gasteiger partial charge in [0.1, 0.15) is 0 Å². The lowest BCUT2D eigenvalue weighted by Gasteiger charge is -2.10. The van der Waals surface area contributed by atoms with Crippen molar-refractivity contribution >= 4 is 28.9 Å². The van der Waals surface area contributed by atoms with Crippen LogP contribution in [0, 0.1) is 6.92 Å². The molecule has 2 aromatic rings. The smallest absolute Gasteiger partial charge is 0.257 e. The molecular formula is C15H13ClN2O3. The molecule has 108 valence electrons. The van der Waals surface area contributed by atoms with E-state index in [9.17, 15) is 4.79 Å². The lowest BCUT2D eigenvalue weighted by molar-refractivity contribution is 0.102. The largest absolute Gasteiger partial charge is 0.454 e. The number of carbonyl (C=O) groups is 1. The Labute approximate surface area is 126 Å². The highest BCUT2D eigenvalue weighted by Crippen LogP contribution is 2.36. The summed E-state index contributed by atoms with van der Waals surface area (Å²) < 4.78 is 10.5. The fraction of sp³-hybridized carbons (Fsp3) is 0.133. The molecule has 0 fully saturated rings. The number of benzene rings is 2. The average Bonchev–Trinajstić information content (AvgIpc) is 2.89. The molecule has 21 heavy (non-hydrogen) atoms. The van der Waals surface area contributed by atoms with Crippen molar-refractivity contribution in [2.24, 2.45) is 0 Å². The minimum absolute atomic E-state index is 0.129. The first kappa shape index (κ1) is 13.6. The Morgan fingerprint density at radius 1 is 1.24 bits per heavy atom. The molecule has 5 nitrogen and oxygen atoms in total. The molecule has 0 saturated carbocycles. The number of ether oxygens (including phenoxy) is 2. The van der Waals surface area contributed by atoms with Crippen LogP contribution in [0.5, 0.6) is 11.5 Å². The second-order valence-electron chi connectivity index (χ2n) is 4.73. The number of rotatable bonds is 2. The number of nitrogens with two attached hydrogens (primary N) is 1. The minimum Gasteiger partial charge on any atom is -0.454 e. The fourth-order valence-corrected chi connectivity index (χ4v) is 2.24. The van der Waals surface area contributed by atoms with Crippen molar-refractivity contribution in [1.29, 1.82) is 0 Å². The Hall–Kier alpha value is -2.40. The summed E-state index contributed by atoms with van der Waals surface area (Å²) in [6.07, 6.45) is 0. The van der Waals surface area contributed by atoms with Gasteiger partial charge in [0.15, 0.2) is 11.5 Å². The number of nitrogen functional groups attached to an aromatic ring is 1. The van der Waals surface area contributed by atoms with Gasteiger partial charge in [-0.3, -0.25) is 4.79 Å². The second kappa shape index (κ2) is 5.18. The van der Waals surface area contributed by atoms with Crippen molar-refractivity contribution in [3.8, 4) is 11.5 Å². The number of halogens is 1. The van der Waals surface area contributed by atoms with Crippen LogP contribution in [0.1, 0.15) is 15.9 Å². The van der Waals surface area contributed by atoms with Gasteiger partial charge in [-0.25, -0.2) is 0 Å². The molecule has 0 aromatic heterocycles. The van der Waals surface area contributed by atoms with Gasteiger partial charge in [0.25, 0.3) is 5.91 Å². The predicted molar refractivity (Wildman–Crippen MR) is 81.1 cm³/mol. The van der Waals surface area contributed by atoms with Gasteiger partial charge in [-0.1, -0.05) is 17.7 Å². The summed E-state index contributed by atoms with van der Waals surface area (Å²) in [5.41, 5.74) is 8.06. The summed E-state index contributed by atoms with van der Waals surface area (Å²) in [7, 11) is 0. The number of anilines is 2. The topological polar surface area (TPSA) is 73.6 Å². The van der Waals surface area contributed by atoms with Gasteiger partial charge in [0, 0.05) is 11.8 Å². The van der Waals surface area contributed by atoms with Crippen LogP contribution in [-0.2, 0) is 0 Å². The molecule has 0 bridgehead atoms. The molecule has 2 aromatic carbocycles. The maximum absolute atomic E-state index is 12.4. The van der Waals surface area contributed by atoms with Crippen LogP contribution >= 0.6 is 11.6 Å². The van der Waals surface area contributed by atoms with E-state index in [1.54, 1.807) is 24.3 Å². The number of carbonyl (C=O) groups excluding carboxylic acids is 1. The van der Waals surface area contributed by atoms with E-state index < -0.39 is 0 Å². The number of aryl methyl sites for hydroxylation is 1. The molecule has 1 aliphatic rings. The van der Waals surface area contributed by atoms with Gasteiger partial charge < -0.3 is 20.5 Å². The third-order valence-corrected chi connectivity index (χ3v) is 3.49. The summed E-state index contributed by atoms with van der Waals surface area (Å²) in [6.45, 7) is 2.05. The zero-order chi connectivity index (χ0) is 15.0. The van der Waals surface area contributed by atoms with Crippen molar-refractivity contribution in [2.45, 2.75) is 6.92 Å². The lowest BCUT2D eigenvalue weighted by Crippen LogP contribution is -2.14. The highest BCUT2D eigenvalue weighted by Gasteiger charge is 2.20. The summed E-state index contributed by atoms with van der Waals surface area (Å²) >= 11 is 6.07. The van der Waals surface area contributed by atoms with E-state index in [-0.39, 0.29) is 12.7 Å². The number of nitrogens with one attached hydrogen (secondary N) is 1. The van der Waals surface area contributed by atoms with E-state index in [4.69, 9.17) is 26.8 Å². The van der Waals surface area contributed by atoms with Crippen LogP contribution in [0.15, 0.2) is 30.3 Å². The molecule has 1 amide bonds. The summed E-state index contributed by atoms with van der Waals surface area (Å²) in [6, 6.07) is 8.54. The van der Waals surface area contributed by atoms with Crippen molar-refractivity contribution in [3.63, 3.8) is 0 Å². The third kappa shape index (κ3) is 2.60. The standard InChI is InChI=1S/C15H13ClN2O3/c1-8-2-3-10(16)12(4-8)18-15(19)9-5-13-14(6-11(9)17)21-7-20-13/h2-6H,7,17H2,1H3,(H,18,19). The Kier molecular flexibility index (Phi) is 3.35. The molecule has 0 radical (unpaired) electrons. The number of amides is 1. The molecule has 3 N–H and O–H groups in total. The van der Waals surface area contributed by atoms with Crippen molar-refractivity contribution in [3.05, 3.63) is 46.5 Å². The van der Waals surface area contributed by atoms with E-state index in [1.165, 1.54) is 0 Å². The quantitative estimate of drug-likeness (QED) is 0.836. The Bertz CT molecular complexity index is 731. The molecule has 0 saturated heterocycles. The number of fused-ring (bicyclic) bond motifs is 1.